The highest BCUT2D eigenvalue weighted by molar-refractivity contribution is 5.94. The summed E-state index contributed by atoms with van der Waals surface area (Å²) >= 11 is 0. The van der Waals surface area contributed by atoms with Gasteiger partial charge in [-0.15, -0.1) is 0 Å². The fraction of sp³-hybridized carbons (Fsp3) is 0.522. The van der Waals surface area contributed by atoms with Crippen LogP contribution >= 0.6 is 0 Å². The van der Waals surface area contributed by atoms with Crippen LogP contribution in [0, 0.1) is 18.3 Å². The lowest BCUT2D eigenvalue weighted by atomic mass is 10.00. The molecule has 2 unspecified atom stereocenters. The van der Waals surface area contributed by atoms with Crippen molar-refractivity contribution in [2.45, 2.75) is 71.7 Å². The lowest BCUT2D eigenvalue weighted by Crippen LogP contribution is -2.54. The number of nitrogens with zero attached hydrogens (tertiary/aromatic N) is 2. The maximum atomic E-state index is 13.5. The number of carbonyl (C=O) groups excluding carboxylic acids is 4. The zero-order chi connectivity index (χ0) is 25.3. The predicted molar refractivity (Wildman–Crippen MR) is 121 cm³/mol. The minimum Gasteiger partial charge on any atom is -0.444 e. The van der Waals surface area contributed by atoms with E-state index in [0.717, 1.165) is 10.5 Å². The maximum absolute atomic E-state index is 13.5. The maximum Gasteiger partial charge on any atom is 0.408 e. The molecule has 0 fully saturated rings. The SMILES string of the molecule is Cc1cccc(C(C(=O)NC(C)C)N(CC#N)C(=O)C(CC(N)=O)NC(=O)OC(C)(C)C)c1. The molecule has 0 aliphatic carbocycles. The zero-order valence-electron chi connectivity index (χ0n) is 20.0. The Morgan fingerprint density at radius 2 is 1.82 bits per heavy atom. The number of nitrogens with one attached hydrogen (secondary N) is 2. The topological polar surface area (TPSA) is 155 Å². The van der Waals surface area contributed by atoms with Gasteiger partial charge in [0.1, 0.15) is 24.2 Å². The van der Waals surface area contributed by atoms with Gasteiger partial charge in [-0.1, -0.05) is 29.8 Å². The number of benzene rings is 1. The zero-order valence-corrected chi connectivity index (χ0v) is 20.0. The molecule has 0 heterocycles. The first kappa shape index (κ1) is 27.4. The Bertz CT molecular complexity index is 917. The van der Waals surface area contributed by atoms with Gasteiger partial charge in [-0.3, -0.25) is 14.4 Å². The van der Waals surface area contributed by atoms with Gasteiger partial charge in [0.15, 0.2) is 0 Å². The van der Waals surface area contributed by atoms with Crippen LogP contribution in [0.1, 0.15) is 58.2 Å². The molecule has 180 valence electrons. The molecule has 4 amide bonds. The molecule has 0 aromatic heterocycles. The van der Waals surface area contributed by atoms with Gasteiger partial charge in [0.2, 0.25) is 17.7 Å². The van der Waals surface area contributed by atoms with Crippen LogP contribution in [0.2, 0.25) is 0 Å². The van der Waals surface area contributed by atoms with E-state index in [2.05, 4.69) is 10.6 Å². The van der Waals surface area contributed by atoms with Crippen LogP contribution < -0.4 is 16.4 Å². The van der Waals surface area contributed by atoms with Crippen molar-refractivity contribution in [3.05, 3.63) is 35.4 Å². The Morgan fingerprint density at radius 3 is 2.30 bits per heavy atom. The van der Waals surface area contributed by atoms with Gasteiger partial charge in [0.25, 0.3) is 0 Å². The van der Waals surface area contributed by atoms with E-state index in [9.17, 15) is 24.4 Å². The quantitative estimate of drug-likeness (QED) is 0.477. The third kappa shape index (κ3) is 9.19. The van der Waals surface area contributed by atoms with E-state index >= 15 is 0 Å². The number of amides is 4. The number of primary amides is 1. The first-order valence-electron chi connectivity index (χ1n) is 10.6. The number of rotatable bonds is 9. The van der Waals surface area contributed by atoms with E-state index in [1.54, 1.807) is 52.8 Å². The third-order valence-corrected chi connectivity index (χ3v) is 4.27. The Labute approximate surface area is 194 Å². The van der Waals surface area contributed by atoms with Crippen LogP contribution in [0.5, 0.6) is 0 Å². The van der Waals surface area contributed by atoms with Crippen LogP contribution in [0.15, 0.2) is 24.3 Å². The summed E-state index contributed by atoms with van der Waals surface area (Å²) in [6.45, 7) is 9.82. The normalized spacial score (nSPS) is 12.8. The van der Waals surface area contributed by atoms with Crippen LogP contribution in [0.3, 0.4) is 0 Å². The Balaban J connectivity index is 3.43. The lowest BCUT2D eigenvalue weighted by molar-refractivity contribution is -0.142. The van der Waals surface area contributed by atoms with Crippen molar-refractivity contribution in [2.24, 2.45) is 5.73 Å². The molecule has 10 heteroatoms. The molecule has 0 aliphatic rings. The molecular formula is C23H33N5O5. The first-order valence-corrected chi connectivity index (χ1v) is 10.6. The van der Waals surface area contributed by atoms with Crippen molar-refractivity contribution in [3.8, 4) is 6.07 Å². The fourth-order valence-corrected chi connectivity index (χ4v) is 3.10. The largest absolute Gasteiger partial charge is 0.444 e. The molecule has 0 saturated carbocycles. The van der Waals surface area contributed by atoms with Crippen LogP contribution in [-0.4, -0.2) is 52.9 Å². The second kappa shape index (κ2) is 11.9. The van der Waals surface area contributed by atoms with E-state index in [4.69, 9.17) is 10.5 Å². The average Bonchev–Trinajstić information content (AvgIpc) is 2.64. The lowest BCUT2D eigenvalue weighted by Gasteiger charge is -2.33. The summed E-state index contributed by atoms with van der Waals surface area (Å²) < 4.78 is 5.18. The van der Waals surface area contributed by atoms with E-state index in [0.29, 0.717) is 5.56 Å². The van der Waals surface area contributed by atoms with E-state index in [1.165, 1.54) is 0 Å². The summed E-state index contributed by atoms with van der Waals surface area (Å²) in [4.78, 5) is 51.6. The van der Waals surface area contributed by atoms with Crippen LogP contribution in [0.25, 0.3) is 0 Å². The van der Waals surface area contributed by atoms with Crippen molar-refractivity contribution in [1.29, 1.82) is 5.26 Å². The molecule has 0 radical (unpaired) electrons. The van der Waals surface area contributed by atoms with Crippen LogP contribution in [-0.2, 0) is 19.1 Å². The van der Waals surface area contributed by atoms with Crippen LogP contribution in [0.4, 0.5) is 4.79 Å². The molecule has 0 spiro atoms. The highest BCUT2D eigenvalue weighted by atomic mass is 16.6. The predicted octanol–water partition coefficient (Wildman–Crippen LogP) is 1.68. The van der Waals surface area contributed by atoms with Gasteiger partial charge in [-0.25, -0.2) is 4.79 Å². The summed E-state index contributed by atoms with van der Waals surface area (Å²) in [7, 11) is 0. The Morgan fingerprint density at radius 1 is 1.18 bits per heavy atom. The number of ether oxygens (including phenoxy) is 1. The fourth-order valence-electron chi connectivity index (χ4n) is 3.10. The molecule has 4 N–H and O–H groups in total. The number of carbonyl (C=O) groups is 4. The second-order valence-electron chi connectivity index (χ2n) is 8.97. The molecule has 10 nitrogen and oxygen atoms in total. The number of nitriles is 1. The number of hydrogen-bond donors (Lipinski definition) is 3. The van der Waals surface area contributed by atoms with Crippen molar-refractivity contribution >= 4 is 23.8 Å². The summed E-state index contributed by atoms with van der Waals surface area (Å²) in [5.74, 6) is -2.17. The van der Waals surface area contributed by atoms with Gasteiger partial charge in [-0.05, 0) is 47.1 Å². The molecule has 0 saturated heterocycles. The number of alkyl carbamates (subject to hydrolysis) is 1. The van der Waals surface area contributed by atoms with Crippen molar-refractivity contribution in [3.63, 3.8) is 0 Å². The number of aryl methyl sites for hydroxylation is 1. The summed E-state index contributed by atoms with van der Waals surface area (Å²) in [5, 5.41) is 14.5. The minimum atomic E-state index is -1.43. The Hall–Kier alpha value is -3.61. The molecule has 2 atom stereocenters. The highest BCUT2D eigenvalue weighted by Gasteiger charge is 2.37. The van der Waals surface area contributed by atoms with Gasteiger partial charge < -0.3 is 26.0 Å². The van der Waals surface area contributed by atoms with E-state index in [-0.39, 0.29) is 6.04 Å². The Kier molecular flexibility index (Phi) is 9.85. The highest BCUT2D eigenvalue weighted by Crippen LogP contribution is 2.24. The molecular weight excluding hydrogens is 426 g/mol. The van der Waals surface area contributed by atoms with E-state index in [1.807, 2.05) is 19.1 Å². The monoisotopic (exact) mass is 459 g/mol. The van der Waals surface area contributed by atoms with Gasteiger partial charge in [0.05, 0.1) is 12.5 Å². The molecule has 33 heavy (non-hydrogen) atoms. The van der Waals surface area contributed by atoms with Gasteiger partial charge in [0, 0.05) is 6.04 Å². The first-order chi connectivity index (χ1) is 15.2. The van der Waals surface area contributed by atoms with Crippen molar-refractivity contribution in [2.75, 3.05) is 6.54 Å². The molecule has 0 bridgehead atoms. The average molecular weight is 460 g/mol. The van der Waals surface area contributed by atoms with E-state index < -0.39 is 54.5 Å². The molecule has 0 aliphatic heterocycles. The minimum absolute atomic E-state index is 0.231. The molecule has 1 aromatic carbocycles. The standard InChI is InChI=1S/C23H33N5O5/c1-14(2)26-20(30)19(16-9-7-8-15(3)12-16)28(11-10-24)21(31)17(13-18(25)29)27-22(32)33-23(4,5)6/h7-9,12,14,17,19H,11,13H2,1-6H3,(H2,25,29)(H,26,30)(H,27,32). The van der Waals surface area contributed by atoms with Gasteiger partial charge in [-0.2, -0.15) is 5.26 Å². The molecule has 1 rings (SSSR count). The summed E-state index contributed by atoms with van der Waals surface area (Å²) in [5.41, 5.74) is 5.77. The summed E-state index contributed by atoms with van der Waals surface area (Å²) in [6.07, 6.45) is -1.47. The number of hydrogen-bond acceptors (Lipinski definition) is 6. The molecule has 1 aromatic rings. The second-order valence-corrected chi connectivity index (χ2v) is 8.97. The van der Waals surface area contributed by atoms with Gasteiger partial charge >= 0.3 is 6.09 Å². The van der Waals surface area contributed by atoms with Crippen molar-refractivity contribution < 1.29 is 23.9 Å². The number of nitrogens with two attached hydrogens (primary N) is 1. The third-order valence-electron chi connectivity index (χ3n) is 4.27. The summed E-state index contributed by atoms with van der Waals surface area (Å²) in [6, 6.07) is 6.02. The smallest absolute Gasteiger partial charge is 0.408 e. The van der Waals surface area contributed by atoms with Crippen molar-refractivity contribution in [1.82, 2.24) is 15.5 Å².